The first kappa shape index (κ1) is 34.9. The molecule has 0 aromatic carbocycles. The molecule has 4 aliphatic rings. The first-order valence-corrected chi connectivity index (χ1v) is 27.5. The van der Waals surface area contributed by atoms with Gasteiger partial charge in [-0.25, -0.2) is 0 Å². The Labute approximate surface area is 262 Å². The van der Waals surface area contributed by atoms with Crippen LogP contribution in [0.4, 0.5) is 0 Å². The third-order valence-electron chi connectivity index (χ3n) is 12.0. The molecule has 0 amide bonds. The summed E-state index contributed by atoms with van der Waals surface area (Å²) in [4.78, 5) is 11.9. The fourth-order valence-electron chi connectivity index (χ4n) is 10.6. The van der Waals surface area contributed by atoms with E-state index in [9.17, 15) is 4.79 Å². The van der Waals surface area contributed by atoms with Gasteiger partial charge < -0.3 is 18.0 Å². The molecule has 0 heterocycles. The molecule has 0 saturated heterocycles. The lowest BCUT2D eigenvalue weighted by atomic mass is 9.43. The number of carbonyl (C=O) groups is 1. The third kappa shape index (κ3) is 7.19. The summed E-state index contributed by atoms with van der Waals surface area (Å²) in [6.45, 7) is 28.9. The van der Waals surface area contributed by atoms with Gasteiger partial charge in [0.15, 0.2) is 25.0 Å². The normalized spacial score (nSPS) is 41.5. The van der Waals surface area contributed by atoms with E-state index in [0.29, 0.717) is 35.5 Å². The van der Waals surface area contributed by atoms with E-state index in [1.165, 1.54) is 45.6 Å². The van der Waals surface area contributed by atoms with Crippen molar-refractivity contribution < 1.29 is 22.8 Å². The van der Waals surface area contributed by atoms with Crippen LogP contribution in [0, 0.1) is 46.3 Å². The van der Waals surface area contributed by atoms with Crippen LogP contribution in [0.3, 0.4) is 0 Å². The van der Waals surface area contributed by atoms with Crippen molar-refractivity contribution in [1.29, 1.82) is 0 Å². The summed E-state index contributed by atoms with van der Waals surface area (Å²) in [5, 5.41) is 0. The van der Waals surface area contributed by atoms with Crippen LogP contribution in [0.25, 0.3) is 0 Å². The molecule has 8 heteroatoms. The summed E-state index contributed by atoms with van der Waals surface area (Å²) >= 11 is 0. The van der Waals surface area contributed by atoms with Gasteiger partial charge in [-0.3, -0.25) is 4.79 Å². The molecule has 5 nitrogen and oxygen atoms in total. The van der Waals surface area contributed by atoms with Crippen LogP contribution in [0.15, 0.2) is 0 Å². The lowest BCUT2D eigenvalue weighted by Gasteiger charge is -2.66. The van der Waals surface area contributed by atoms with Gasteiger partial charge in [-0.1, -0.05) is 20.8 Å². The first-order valence-electron chi connectivity index (χ1n) is 17.3. The van der Waals surface area contributed by atoms with E-state index in [1.807, 2.05) is 0 Å². The zero-order valence-electron chi connectivity index (χ0n) is 29.6. The molecule has 7 unspecified atom stereocenters. The van der Waals surface area contributed by atoms with Gasteiger partial charge in [0, 0.05) is 18.3 Å². The maximum absolute atomic E-state index is 11.9. The number of fused-ring (bicyclic) bond motifs is 5. The van der Waals surface area contributed by atoms with Crippen LogP contribution >= 0.6 is 0 Å². The Bertz CT molecular complexity index is 954. The third-order valence-corrected chi connectivity index (χ3v) is 15.0. The summed E-state index contributed by atoms with van der Waals surface area (Å²) < 4.78 is 26.5. The van der Waals surface area contributed by atoms with Crippen molar-refractivity contribution in [3.8, 4) is 0 Å². The van der Waals surface area contributed by atoms with Gasteiger partial charge in [0.25, 0.3) is 0 Å². The van der Waals surface area contributed by atoms with Crippen LogP contribution in [0.2, 0.25) is 58.9 Å². The van der Waals surface area contributed by atoms with Crippen molar-refractivity contribution in [3.63, 3.8) is 0 Å². The van der Waals surface area contributed by atoms with Gasteiger partial charge in [0.05, 0.1) is 25.4 Å². The zero-order valence-corrected chi connectivity index (χ0v) is 32.6. The van der Waals surface area contributed by atoms with Gasteiger partial charge >= 0.3 is 5.97 Å². The van der Waals surface area contributed by atoms with E-state index < -0.39 is 25.0 Å². The van der Waals surface area contributed by atoms with Crippen LogP contribution < -0.4 is 0 Å². The summed E-state index contributed by atoms with van der Waals surface area (Å²) in [5.74, 6) is 3.92. The molecule has 11 atom stereocenters. The van der Waals surface area contributed by atoms with Crippen molar-refractivity contribution in [3.05, 3.63) is 0 Å². The standard InChI is InChI=1S/C34H66O5Si3/c1-23(14-19-31(35)36-4)25-17-18-26-24-15-16-28-32(39-42(11,12)13)29(37-40(5,6)7)22-30(38-41(8,9)10)34(28,3)27(24)20-21-33(25,26)2/h23-30,32H,14-22H2,1-13H3/t23-,24?,25-,26?,27?,28?,29?,30?,32?,33-,34-/m1/s1. The van der Waals surface area contributed by atoms with Gasteiger partial charge in [0.1, 0.15) is 0 Å². The number of hydrogen-bond acceptors (Lipinski definition) is 5. The fraction of sp³-hybridized carbons (Fsp3) is 0.971. The smallest absolute Gasteiger partial charge is 0.305 e. The Morgan fingerprint density at radius 3 is 1.95 bits per heavy atom. The monoisotopic (exact) mass is 638 g/mol. The predicted molar refractivity (Wildman–Crippen MR) is 181 cm³/mol. The minimum absolute atomic E-state index is 0.0613. The molecule has 4 fully saturated rings. The highest BCUT2D eigenvalue weighted by molar-refractivity contribution is 6.70. The maximum atomic E-state index is 11.9. The van der Waals surface area contributed by atoms with Crippen molar-refractivity contribution in [2.24, 2.45) is 46.3 Å². The molecule has 0 spiro atoms. The van der Waals surface area contributed by atoms with Crippen LogP contribution in [0.5, 0.6) is 0 Å². The average molecular weight is 639 g/mol. The fourth-order valence-corrected chi connectivity index (χ4v) is 14.1. The second-order valence-electron chi connectivity index (χ2n) is 18.2. The molecule has 4 rings (SSSR count). The second-order valence-corrected chi connectivity index (χ2v) is 31.5. The molecular formula is C34H66O5Si3. The number of ether oxygens (including phenoxy) is 1. The highest BCUT2D eigenvalue weighted by atomic mass is 28.4. The Balaban J connectivity index is 1.67. The van der Waals surface area contributed by atoms with Gasteiger partial charge in [-0.2, -0.15) is 0 Å². The number of methoxy groups -OCH3 is 1. The second kappa shape index (κ2) is 12.3. The van der Waals surface area contributed by atoms with Crippen LogP contribution in [-0.4, -0.2) is 56.3 Å². The number of rotatable bonds is 10. The predicted octanol–water partition coefficient (Wildman–Crippen LogP) is 9.11. The van der Waals surface area contributed by atoms with E-state index in [-0.39, 0.29) is 29.7 Å². The van der Waals surface area contributed by atoms with E-state index in [0.717, 1.165) is 24.7 Å². The summed E-state index contributed by atoms with van der Waals surface area (Å²) in [6, 6.07) is 0. The van der Waals surface area contributed by atoms with Crippen LogP contribution in [0.1, 0.15) is 78.6 Å². The molecule has 4 aliphatic carbocycles. The number of esters is 1. The van der Waals surface area contributed by atoms with Gasteiger partial charge in [0.2, 0.25) is 0 Å². The maximum Gasteiger partial charge on any atom is 0.305 e. The lowest BCUT2D eigenvalue weighted by Crippen LogP contribution is -2.67. The Morgan fingerprint density at radius 2 is 1.38 bits per heavy atom. The molecule has 0 radical (unpaired) electrons. The van der Waals surface area contributed by atoms with E-state index >= 15 is 0 Å². The van der Waals surface area contributed by atoms with Crippen molar-refractivity contribution in [1.82, 2.24) is 0 Å². The average Bonchev–Trinajstić information content (AvgIpc) is 3.19. The first-order chi connectivity index (χ1) is 19.2. The van der Waals surface area contributed by atoms with Gasteiger partial charge in [-0.05, 0) is 145 Å². The van der Waals surface area contributed by atoms with Gasteiger partial charge in [-0.15, -0.1) is 0 Å². The van der Waals surface area contributed by atoms with E-state index in [1.54, 1.807) is 0 Å². The molecular weight excluding hydrogens is 573 g/mol. The van der Waals surface area contributed by atoms with E-state index in [2.05, 4.69) is 79.7 Å². The topological polar surface area (TPSA) is 54.0 Å². The Hall–Kier alpha value is 0.000649. The molecule has 42 heavy (non-hydrogen) atoms. The molecule has 244 valence electrons. The quantitative estimate of drug-likeness (QED) is 0.176. The molecule has 0 aliphatic heterocycles. The zero-order chi connectivity index (χ0) is 31.5. The summed E-state index contributed by atoms with van der Waals surface area (Å²) in [7, 11) is -3.82. The minimum Gasteiger partial charge on any atom is -0.469 e. The Morgan fingerprint density at radius 1 is 0.786 bits per heavy atom. The highest BCUT2D eigenvalue weighted by Crippen LogP contribution is 2.69. The Kier molecular flexibility index (Phi) is 10.2. The van der Waals surface area contributed by atoms with Crippen molar-refractivity contribution in [2.75, 3.05) is 7.11 Å². The summed E-state index contributed by atoms with van der Waals surface area (Å²) in [5.41, 5.74) is 0.490. The summed E-state index contributed by atoms with van der Waals surface area (Å²) in [6.07, 6.45) is 10.9. The van der Waals surface area contributed by atoms with Crippen molar-refractivity contribution >= 4 is 30.9 Å². The number of hydrogen-bond donors (Lipinski definition) is 0. The van der Waals surface area contributed by atoms with Crippen molar-refractivity contribution in [2.45, 2.75) is 156 Å². The molecule has 0 aromatic rings. The van der Waals surface area contributed by atoms with E-state index in [4.69, 9.17) is 18.0 Å². The number of carbonyl (C=O) groups excluding carboxylic acids is 1. The molecule has 0 N–H and O–H groups in total. The molecule has 0 bridgehead atoms. The van der Waals surface area contributed by atoms with Crippen LogP contribution in [-0.2, 0) is 22.8 Å². The lowest BCUT2D eigenvalue weighted by molar-refractivity contribution is -0.209. The largest absolute Gasteiger partial charge is 0.469 e. The highest BCUT2D eigenvalue weighted by Gasteiger charge is 2.66. The minimum atomic E-state index is -1.79. The molecule has 4 saturated carbocycles. The SMILES string of the molecule is COC(=O)CC[C@@H](C)[C@H]1CCC2C3CCC4C(O[Si](C)(C)C)C(O[Si](C)(C)C)CC(O[Si](C)(C)C)[C@]4(C)C3CC[C@@]21C. The molecule has 0 aromatic heterocycles.